The zero-order valence-electron chi connectivity index (χ0n) is 26.0. The highest BCUT2D eigenvalue weighted by Crippen LogP contribution is 2.34. The van der Waals surface area contributed by atoms with Crippen LogP contribution < -0.4 is 28.6 Å². The van der Waals surface area contributed by atoms with Crippen LogP contribution in [0.1, 0.15) is 15.9 Å². The van der Waals surface area contributed by atoms with E-state index in [1.54, 1.807) is 55.4 Å². The summed E-state index contributed by atoms with van der Waals surface area (Å²) in [5.41, 5.74) is 2.79. The first-order valence-corrected chi connectivity index (χ1v) is 14.9. The monoisotopic (exact) mass is 625 g/mol. The average Bonchev–Trinajstić information content (AvgIpc) is 3.59. The Morgan fingerprint density at radius 1 is 0.783 bits per heavy atom. The van der Waals surface area contributed by atoms with Crippen LogP contribution >= 0.6 is 0 Å². The predicted octanol–water partition coefficient (Wildman–Crippen LogP) is 3.89. The SMILES string of the molecule is COc1ccc(C(=O)N(CC(=O)N2CCN(c3ccc(-c4ccc(OC)cc4OC)nn3)CC2)Cc2ccc3c(c2)OCO3)cc1. The molecule has 0 N–H and O–H groups in total. The molecule has 1 aromatic heterocycles. The first kappa shape index (κ1) is 30.5. The number of aromatic nitrogens is 2. The average molecular weight is 626 g/mol. The van der Waals surface area contributed by atoms with E-state index < -0.39 is 0 Å². The number of nitrogens with zero attached hydrogens (tertiary/aromatic N) is 5. The summed E-state index contributed by atoms with van der Waals surface area (Å²) in [7, 11) is 4.78. The number of piperazine rings is 1. The molecule has 0 bridgehead atoms. The second-order valence-electron chi connectivity index (χ2n) is 10.8. The molecule has 12 heteroatoms. The molecule has 238 valence electrons. The van der Waals surface area contributed by atoms with Crippen LogP contribution in [-0.2, 0) is 11.3 Å². The second-order valence-corrected chi connectivity index (χ2v) is 10.8. The van der Waals surface area contributed by atoms with E-state index in [9.17, 15) is 9.59 Å². The Labute approximate surface area is 267 Å². The highest BCUT2D eigenvalue weighted by atomic mass is 16.7. The number of carbonyl (C=O) groups is 2. The minimum absolute atomic E-state index is 0.0719. The molecule has 4 aromatic rings. The van der Waals surface area contributed by atoms with E-state index in [-0.39, 0.29) is 31.7 Å². The van der Waals surface area contributed by atoms with Crippen LogP contribution in [-0.4, -0.2) is 92.7 Å². The van der Waals surface area contributed by atoms with Crippen molar-refractivity contribution in [3.05, 3.63) is 83.9 Å². The quantitative estimate of drug-likeness (QED) is 0.257. The molecule has 0 radical (unpaired) electrons. The van der Waals surface area contributed by atoms with Crippen molar-refractivity contribution in [1.82, 2.24) is 20.0 Å². The highest BCUT2D eigenvalue weighted by Gasteiger charge is 2.27. The lowest BCUT2D eigenvalue weighted by Crippen LogP contribution is -2.52. The van der Waals surface area contributed by atoms with Gasteiger partial charge in [-0.3, -0.25) is 9.59 Å². The fourth-order valence-electron chi connectivity index (χ4n) is 5.47. The number of methoxy groups -OCH3 is 3. The largest absolute Gasteiger partial charge is 0.497 e. The van der Waals surface area contributed by atoms with Gasteiger partial charge in [0.05, 0.1) is 27.0 Å². The fourth-order valence-corrected chi connectivity index (χ4v) is 5.47. The van der Waals surface area contributed by atoms with E-state index in [1.165, 1.54) is 0 Å². The van der Waals surface area contributed by atoms with Crippen LogP contribution in [0.3, 0.4) is 0 Å². The van der Waals surface area contributed by atoms with Gasteiger partial charge in [0.15, 0.2) is 17.3 Å². The van der Waals surface area contributed by atoms with Gasteiger partial charge in [0, 0.05) is 49.9 Å². The molecule has 46 heavy (non-hydrogen) atoms. The molecular weight excluding hydrogens is 590 g/mol. The molecule has 2 amide bonds. The van der Waals surface area contributed by atoms with Crippen molar-refractivity contribution in [2.45, 2.75) is 6.54 Å². The minimum atomic E-state index is -0.254. The first-order chi connectivity index (χ1) is 22.4. The Kier molecular flexibility index (Phi) is 9.04. The summed E-state index contributed by atoms with van der Waals surface area (Å²) in [6, 6.07) is 21.8. The smallest absolute Gasteiger partial charge is 0.254 e. The lowest BCUT2D eigenvalue weighted by molar-refractivity contribution is -0.132. The number of carbonyl (C=O) groups excluding carboxylic acids is 2. The summed E-state index contributed by atoms with van der Waals surface area (Å²) in [5.74, 6) is 3.60. The highest BCUT2D eigenvalue weighted by molar-refractivity contribution is 5.96. The first-order valence-electron chi connectivity index (χ1n) is 14.9. The van der Waals surface area contributed by atoms with Crippen molar-refractivity contribution in [2.24, 2.45) is 0 Å². The van der Waals surface area contributed by atoms with Gasteiger partial charge in [-0.1, -0.05) is 6.07 Å². The molecule has 2 aliphatic heterocycles. The molecule has 3 aromatic carbocycles. The van der Waals surface area contributed by atoms with Crippen molar-refractivity contribution in [2.75, 3.05) is 65.7 Å². The maximum atomic E-state index is 13.7. The number of hydrogen-bond donors (Lipinski definition) is 0. The summed E-state index contributed by atoms with van der Waals surface area (Å²) in [6.07, 6.45) is 0. The number of anilines is 1. The number of benzene rings is 3. The zero-order valence-corrected chi connectivity index (χ0v) is 26.0. The van der Waals surface area contributed by atoms with Crippen LogP contribution in [0.4, 0.5) is 5.82 Å². The second kappa shape index (κ2) is 13.6. The van der Waals surface area contributed by atoms with Gasteiger partial charge in [-0.25, -0.2) is 0 Å². The van der Waals surface area contributed by atoms with E-state index in [0.717, 1.165) is 16.9 Å². The number of ether oxygens (including phenoxy) is 5. The molecule has 0 saturated carbocycles. The minimum Gasteiger partial charge on any atom is -0.497 e. The van der Waals surface area contributed by atoms with E-state index in [4.69, 9.17) is 23.7 Å². The Hall–Kier alpha value is -5.52. The van der Waals surface area contributed by atoms with Gasteiger partial charge in [0.25, 0.3) is 5.91 Å². The van der Waals surface area contributed by atoms with Gasteiger partial charge in [-0.05, 0) is 66.2 Å². The number of amides is 2. The molecule has 1 saturated heterocycles. The van der Waals surface area contributed by atoms with Crippen molar-refractivity contribution < 1.29 is 33.3 Å². The van der Waals surface area contributed by atoms with Crippen LogP contribution in [0, 0.1) is 0 Å². The lowest BCUT2D eigenvalue weighted by Gasteiger charge is -2.36. The van der Waals surface area contributed by atoms with E-state index in [0.29, 0.717) is 66.2 Å². The molecule has 0 atom stereocenters. The van der Waals surface area contributed by atoms with Crippen molar-refractivity contribution >= 4 is 17.6 Å². The van der Waals surface area contributed by atoms with E-state index in [1.807, 2.05) is 48.5 Å². The molecule has 0 unspecified atom stereocenters. The Balaban J connectivity index is 1.11. The van der Waals surface area contributed by atoms with Crippen molar-refractivity contribution in [3.63, 3.8) is 0 Å². The molecule has 0 aliphatic carbocycles. The van der Waals surface area contributed by atoms with E-state index in [2.05, 4.69) is 15.1 Å². The van der Waals surface area contributed by atoms with Crippen LogP contribution in [0.25, 0.3) is 11.3 Å². The maximum absolute atomic E-state index is 13.7. The number of fused-ring (bicyclic) bond motifs is 1. The zero-order chi connectivity index (χ0) is 32.0. The predicted molar refractivity (Wildman–Crippen MR) is 170 cm³/mol. The van der Waals surface area contributed by atoms with Crippen LogP contribution in [0.15, 0.2) is 72.8 Å². The standard InChI is InChI=1S/C34H35N5O7/c1-42-25-7-5-24(6-8-25)34(41)39(20-23-4-12-29-31(18-23)46-22-45-29)21-33(40)38-16-14-37(15-17-38)32-13-11-28(35-36-32)27-10-9-26(43-2)19-30(27)44-3/h4-13,18-19H,14-17,20-22H2,1-3H3. The Bertz CT molecular complexity index is 1690. The summed E-state index contributed by atoms with van der Waals surface area (Å²) in [6.45, 7) is 2.46. The maximum Gasteiger partial charge on any atom is 0.254 e. The lowest BCUT2D eigenvalue weighted by atomic mass is 10.1. The third-order valence-electron chi connectivity index (χ3n) is 8.05. The third kappa shape index (κ3) is 6.60. The summed E-state index contributed by atoms with van der Waals surface area (Å²) >= 11 is 0. The number of hydrogen-bond acceptors (Lipinski definition) is 10. The van der Waals surface area contributed by atoms with Gasteiger partial charge in [0.1, 0.15) is 23.8 Å². The van der Waals surface area contributed by atoms with Gasteiger partial charge >= 0.3 is 0 Å². The van der Waals surface area contributed by atoms with Gasteiger partial charge < -0.3 is 38.4 Å². The van der Waals surface area contributed by atoms with Crippen molar-refractivity contribution in [3.8, 4) is 40.0 Å². The summed E-state index contributed by atoms with van der Waals surface area (Å²) < 4.78 is 27.0. The number of rotatable bonds is 10. The Morgan fingerprint density at radius 3 is 2.22 bits per heavy atom. The topological polar surface area (TPSA) is 116 Å². The normalized spacial score (nSPS) is 13.7. The molecule has 2 aliphatic rings. The fraction of sp³-hybridized carbons (Fsp3) is 0.294. The van der Waals surface area contributed by atoms with Crippen LogP contribution in [0.2, 0.25) is 0 Å². The molecule has 6 rings (SSSR count). The Morgan fingerprint density at radius 2 is 1.52 bits per heavy atom. The summed E-state index contributed by atoms with van der Waals surface area (Å²) in [4.78, 5) is 32.7. The van der Waals surface area contributed by atoms with E-state index >= 15 is 0 Å². The molecular formula is C34H35N5O7. The van der Waals surface area contributed by atoms with Gasteiger partial charge in [-0.15, -0.1) is 10.2 Å². The molecule has 0 spiro atoms. The van der Waals surface area contributed by atoms with Gasteiger partial charge in [-0.2, -0.15) is 0 Å². The molecule has 3 heterocycles. The molecule has 12 nitrogen and oxygen atoms in total. The summed E-state index contributed by atoms with van der Waals surface area (Å²) in [5, 5.41) is 8.90. The molecule has 1 fully saturated rings. The van der Waals surface area contributed by atoms with Gasteiger partial charge in [0.2, 0.25) is 12.7 Å². The third-order valence-corrected chi connectivity index (χ3v) is 8.05. The van der Waals surface area contributed by atoms with Crippen LogP contribution in [0.5, 0.6) is 28.7 Å². The van der Waals surface area contributed by atoms with Crippen molar-refractivity contribution in [1.29, 1.82) is 0 Å².